The minimum Gasteiger partial charge on any atom is -0.249 e. The Labute approximate surface area is 134 Å². The van der Waals surface area contributed by atoms with E-state index >= 15 is 0 Å². The van der Waals surface area contributed by atoms with Crippen LogP contribution < -0.4 is 0 Å². The molecule has 1 aliphatic rings. The molecule has 0 atom stereocenters. The van der Waals surface area contributed by atoms with Gasteiger partial charge in [-0.1, -0.05) is 28.9 Å². The van der Waals surface area contributed by atoms with Gasteiger partial charge in [-0.05, 0) is 30.5 Å². The van der Waals surface area contributed by atoms with Crippen molar-refractivity contribution in [3.63, 3.8) is 0 Å². The summed E-state index contributed by atoms with van der Waals surface area (Å²) in [7, 11) is -3.30. The number of halogens is 1. The lowest BCUT2D eigenvalue weighted by molar-refractivity contribution is 0.258. The largest absolute Gasteiger partial charge is 0.249 e. The lowest BCUT2D eigenvalue weighted by atomic mass is 10.1. The van der Waals surface area contributed by atoms with Crippen LogP contribution in [-0.4, -0.2) is 40.8 Å². The second kappa shape index (κ2) is 6.36. The molecule has 3 rings (SSSR count). The van der Waals surface area contributed by atoms with Crippen molar-refractivity contribution in [3.8, 4) is 0 Å². The summed E-state index contributed by atoms with van der Waals surface area (Å²) in [6, 6.07) is 7.15. The first-order valence-electron chi connectivity index (χ1n) is 7.13. The summed E-state index contributed by atoms with van der Waals surface area (Å²) in [5.41, 5.74) is 0.753. The Morgan fingerprint density at radius 1 is 1.18 bits per heavy atom. The predicted molar refractivity (Wildman–Crippen MR) is 83.9 cm³/mol. The first kappa shape index (κ1) is 15.5. The molecule has 0 saturated carbocycles. The summed E-state index contributed by atoms with van der Waals surface area (Å²) in [6.07, 6.45) is 4.97. The van der Waals surface area contributed by atoms with Crippen LogP contribution in [0.25, 0.3) is 0 Å². The molecule has 0 radical (unpaired) electrons. The Morgan fingerprint density at radius 3 is 2.45 bits per heavy atom. The zero-order valence-electron chi connectivity index (χ0n) is 12.0. The maximum absolute atomic E-state index is 12.5. The quantitative estimate of drug-likeness (QED) is 0.854. The third kappa shape index (κ3) is 3.48. The molecule has 0 unspecified atom stereocenters. The van der Waals surface area contributed by atoms with Gasteiger partial charge in [0.1, 0.15) is 0 Å². The second-order valence-electron chi connectivity index (χ2n) is 5.40. The minimum absolute atomic E-state index is 0.0121. The Morgan fingerprint density at radius 2 is 1.86 bits per heavy atom. The molecule has 8 heteroatoms. The molecule has 1 aliphatic heterocycles. The topological polar surface area (TPSA) is 68.1 Å². The summed E-state index contributed by atoms with van der Waals surface area (Å²) in [4.78, 5) is 0. The maximum Gasteiger partial charge on any atom is 0.218 e. The summed E-state index contributed by atoms with van der Waals surface area (Å²) in [6.45, 7) is 1.03. The van der Waals surface area contributed by atoms with E-state index in [1.807, 2.05) is 10.9 Å². The van der Waals surface area contributed by atoms with Crippen molar-refractivity contribution >= 4 is 21.6 Å². The molecular formula is C14H17ClN4O2S. The van der Waals surface area contributed by atoms with Gasteiger partial charge in [0.2, 0.25) is 10.0 Å². The molecule has 1 fully saturated rings. The van der Waals surface area contributed by atoms with Crippen molar-refractivity contribution < 1.29 is 8.42 Å². The average Bonchev–Trinajstić information content (AvgIpc) is 3.04. The molecule has 6 nitrogen and oxygen atoms in total. The molecule has 0 amide bonds. The van der Waals surface area contributed by atoms with Gasteiger partial charge in [-0.2, -0.15) is 0 Å². The van der Waals surface area contributed by atoms with Crippen LogP contribution >= 0.6 is 11.6 Å². The fourth-order valence-electron chi connectivity index (χ4n) is 2.68. The summed E-state index contributed by atoms with van der Waals surface area (Å²) in [5, 5.41) is 8.39. The van der Waals surface area contributed by atoms with Gasteiger partial charge in [0, 0.05) is 24.3 Å². The van der Waals surface area contributed by atoms with Crippen LogP contribution in [0, 0.1) is 0 Å². The number of hydrogen-bond donors (Lipinski definition) is 0. The molecular weight excluding hydrogens is 324 g/mol. The normalized spacial score (nSPS) is 17.7. The minimum atomic E-state index is -3.30. The maximum atomic E-state index is 12.5. The molecule has 0 aliphatic carbocycles. The van der Waals surface area contributed by atoms with Crippen LogP contribution in [0.5, 0.6) is 0 Å². The van der Waals surface area contributed by atoms with E-state index < -0.39 is 10.0 Å². The van der Waals surface area contributed by atoms with Gasteiger partial charge in [0.05, 0.1) is 18.0 Å². The highest BCUT2D eigenvalue weighted by Gasteiger charge is 2.29. The summed E-state index contributed by atoms with van der Waals surface area (Å²) < 4.78 is 28.4. The first-order valence-corrected chi connectivity index (χ1v) is 9.11. The van der Waals surface area contributed by atoms with E-state index in [0.29, 0.717) is 18.1 Å². The van der Waals surface area contributed by atoms with Crippen LogP contribution in [-0.2, 0) is 15.8 Å². The summed E-state index contributed by atoms with van der Waals surface area (Å²) in [5.74, 6) is 0.0121. The van der Waals surface area contributed by atoms with Crippen LogP contribution in [0.4, 0.5) is 0 Å². The van der Waals surface area contributed by atoms with E-state index in [2.05, 4.69) is 10.3 Å². The molecule has 0 spiro atoms. The van der Waals surface area contributed by atoms with Gasteiger partial charge in [0.15, 0.2) is 0 Å². The molecule has 0 N–H and O–H groups in total. The zero-order chi connectivity index (χ0) is 15.6. The number of benzene rings is 1. The van der Waals surface area contributed by atoms with Gasteiger partial charge < -0.3 is 0 Å². The molecule has 0 bridgehead atoms. The molecule has 118 valence electrons. The SMILES string of the molecule is O=S(=O)(Cc1ccc(Cl)cc1)N1CCC(n2ccnn2)CC1. The van der Waals surface area contributed by atoms with Crippen molar-refractivity contribution in [2.45, 2.75) is 24.6 Å². The molecule has 1 saturated heterocycles. The number of piperidine rings is 1. The first-order chi connectivity index (χ1) is 10.5. The Kier molecular flexibility index (Phi) is 4.46. The third-order valence-corrected chi connectivity index (χ3v) is 6.00. The van der Waals surface area contributed by atoms with Crippen LogP contribution in [0.2, 0.25) is 5.02 Å². The van der Waals surface area contributed by atoms with Crippen molar-refractivity contribution in [1.29, 1.82) is 0 Å². The van der Waals surface area contributed by atoms with E-state index in [9.17, 15) is 8.42 Å². The molecule has 1 aromatic heterocycles. The fourth-order valence-corrected chi connectivity index (χ4v) is 4.37. The Bertz CT molecular complexity index is 708. The fraction of sp³-hybridized carbons (Fsp3) is 0.429. The predicted octanol–water partition coefficient (Wildman–Crippen LogP) is 2.10. The van der Waals surface area contributed by atoms with Gasteiger partial charge in [-0.25, -0.2) is 17.4 Å². The van der Waals surface area contributed by atoms with Gasteiger partial charge in [-0.15, -0.1) is 5.10 Å². The molecule has 2 aromatic rings. The lowest BCUT2D eigenvalue weighted by Gasteiger charge is -2.31. The van der Waals surface area contributed by atoms with Gasteiger partial charge in [0.25, 0.3) is 0 Å². The Balaban J connectivity index is 1.63. The Hall–Kier alpha value is -1.44. The molecule has 22 heavy (non-hydrogen) atoms. The van der Waals surface area contributed by atoms with Crippen LogP contribution in [0.1, 0.15) is 24.4 Å². The van der Waals surface area contributed by atoms with Gasteiger partial charge >= 0.3 is 0 Å². The standard InChI is InChI=1S/C14H17ClN4O2S/c15-13-3-1-12(2-4-13)11-22(20,21)18-8-5-14(6-9-18)19-10-7-16-17-19/h1-4,7,10,14H,5-6,8-9,11H2. The highest BCUT2D eigenvalue weighted by Crippen LogP contribution is 2.24. The average molecular weight is 341 g/mol. The van der Waals surface area contributed by atoms with E-state index in [1.165, 1.54) is 0 Å². The van der Waals surface area contributed by atoms with Crippen molar-refractivity contribution in [3.05, 3.63) is 47.2 Å². The highest BCUT2D eigenvalue weighted by atomic mass is 35.5. The van der Waals surface area contributed by atoms with E-state index in [1.54, 1.807) is 34.8 Å². The summed E-state index contributed by atoms with van der Waals surface area (Å²) >= 11 is 5.82. The van der Waals surface area contributed by atoms with Crippen LogP contribution in [0.3, 0.4) is 0 Å². The van der Waals surface area contributed by atoms with E-state index in [4.69, 9.17) is 11.6 Å². The smallest absolute Gasteiger partial charge is 0.218 e. The lowest BCUT2D eigenvalue weighted by Crippen LogP contribution is -2.39. The third-order valence-electron chi connectivity index (χ3n) is 3.89. The van der Waals surface area contributed by atoms with E-state index in [-0.39, 0.29) is 11.8 Å². The molecule has 2 heterocycles. The number of rotatable bonds is 4. The van der Waals surface area contributed by atoms with Crippen molar-refractivity contribution in [2.75, 3.05) is 13.1 Å². The van der Waals surface area contributed by atoms with Crippen LogP contribution in [0.15, 0.2) is 36.7 Å². The second-order valence-corrected chi connectivity index (χ2v) is 7.80. The highest BCUT2D eigenvalue weighted by molar-refractivity contribution is 7.88. The number of nitrogens with zero attached hydrogens (tertiary/aromatic N) is 4. The zero-order valence-corrected chi connectivity index (χ0v) is 13.5. The number of aromatic nitrogens is 3. The molecule has 1 aromatic carbocycles. The van der Waals surface area contributed by atoms with Crippen molar-refractivity contribution in [2.24, 2.45) is 0 Å². The van der Waals surface area contributed by atoms with Crippen molar-refractivity contribution in [1.82, 2.24) is 19.3 Å². The van der Waals surface area contributed by atoms with E-state index in [0.717, 1.165) is 18.4 Å². The number of hydrogen-bond acceptors (Lipinski definition) is 4. The number of sulfonamides is 1. The monoisotopic (exact) mass is 340 g/mol. The van der Waals surface area contributed by atoms with Gasteiger partial charge in [-0.3, -0.25) is 0 Å².